The average molecular weight is 540 g/mol. The molecule has 0 radical (unpaired) electrons. The number of ether oxygens (including phenoxy) is 2. The van der Waals surface area contributed by atoms with E-state index in [2.05, 4.69) is 15.6 Å². The highest BCUT2D eigenvalue weighted by atomic mass is 19.4. The second-order valence-corrected chi connectivity index (χ2v) is 9.62. The van der Waals surface area contributed by atoms with Crippen molar-refractivity contribution in [3.8, 4) is 0 Å². The van der Waals surface area contributed by atoms with Gasteiger partial charge in [-0.25, -0.2) is 9.78 Å². The zero-order chi connectivity index (χ0) is 27.3. The molecule has 3 N–H and O–H groups in total. The molecule has 4 atom stereocenters. The number of carbonyl (C=O) groups is 2. The Morgan fingerprint density at radius 1 is 1.18 bits per heavy atom. The Morgan fingerprint density at radius 2 is 1.95 bits per heavy atom. The van der Waals surface area contributed by atoms with Gasteiger partial charge in [0.25, 0.3) is 0 Å². The lowest BCUT2D eigenvalue weighted by atomic mass is 9.95. The third-order valence-electron chi connectivity index (χ3n) is 6.58. The fourth-order valence-electron chi connectivity index (χ4n) is 4.72. The molecule has 1 aromatic carbocycles. The van der Waals surface area contributed by atoms with Crippen molar-refractivity contribution in [3.63, 3.8) is 0 Å². The molecule has 1 aromatic heterocycles. The Bertz CT molecular complexity index is 1090. The smallest absolute Gasteiger partial charge is 0.389 e. The highest BCUT2D eigenvalue weighted by Crippen LogP contribution is 2.31. The zero-order valence-electron chi connectivity index (χ0n) is 21.0. The number of aliphatic hydroxyl groups is 1. The van der Waals surface area contributed by atoms with Crippen LogP contribution in [0.1, 0.15) is 30.5 Å². The van der Waals surface area contributed by atoms with E-state index in [1.807, 2.05) is 17.8 Å². The van der Waals surface area contributed by atoms with Crippen LogP contribution in [-0.2, 0) is 33.9 Å². The van der Waals surface area contributed by atoms with Gasteiger partial charge in [-0.05, 0) is 37.1 Å². The number of aliphatic hydroxyl groups excluding tert-OH is 1. The first-order valence-electron chi connectivity index (χ1n) is 12.5. The molecule has 3 heterocycles. The summed E-state index contributed by atoms with van der Waals surface area (Å²) in [6.07, 6.45) is -0.921. The lowest BCUT2D eigenvalue weighted by molar-refractivity contribution is -0.149. The van der Waals surface area contributed by atoms with E-state index in [1.165, 1.54) is 17.0 Å². The number of halogens is 3. The van der Waals surface area contributed by atoms with Gasteiger partial charge in [0.1, 0.15) is 6.10 Å². The zero-order valence-corrected chi connectivity index (χ0v) is 21.0. The number of imidazole rings is 1. The molecule has 13 heteroatoms. The van der Waals surface area contributed by atoms with Gasteiger partial charge < -0.3 is 34.7 Å². The van der Waals surface area contributed by atoms with Crippen LogP contribution in [0.3, 0.4) is 0 Å². The van der Waals surface area contributed by atoms with E-state index in [4.69, 9.17) is 9.47 Å². The summed E-state index contributed by atoms with van der Waals surface area (Å²) in [4.78, 5) is 31.3. The molecular weight excluding hydrogens is 507 g/mol. The second-order valence-electron chi connectivity index (χ2n) is 9.62. The molecule has 0 spiro atoms. The number of hydrogen-bond acceptors (Lipinski definition) is 6. The van der Waals surface area contributed by atoms with E-state index in [9.17, 15) is 27.9 Å². The van der Waals surface area contributed by atoms with E-state index in [1.54, 1.807) is 6.33 Å². The van der Waals surface area contributed by atoms with Crippen LogP contribution < -0.4 is 10.6 Å². The number of anilines is 1. The molecule has 3 amide bonds. The van der Waals surface area contributed by atoms with E-state index in [-0.39, 0.29) is 43.9 Å². The van der Waals surface area contributed by atoms with Crippen molar-refractivity contribution in [1.29, 1.82) is 0 Å². The summed E-state index contributed by atoms with van der Waals surface area (Å²) in [7, 11) is 1.88. The molecular formula is C25H32F3N5O5. The summed E-state index contributed by atoms with van der Waals surface area (Å²) in [5.74, 6) is -0.150. The first-order chi connectivity index (χ1) is 18.1. The van der Waals surface area contributed by atoms with Gasteiger partial charge in [-0.3, -0.25) is 4.79 Å². The van der Waals surface area contributed by atoms with Crippen LogP contribution in [0, 0.1) is 0 Å². The maximum Gasteiger partial charge on any atom is 0.416 e. The summed E-state index contributed by atoms with van der Waals surface area (Å²) < 4.78 is 52.1. The number of nitrogens with one attached hydrogen (secondary N) is 2. The number of urea groups is 1. The van der Waals surface area contributed by atoms with Crippen molar-refractivity contribution in [2.24, 2.45) is 7.05 Å². The van der Waals surface area contributed by atoms with E-state index in [0.29, 0.717) is 25.8 Å². The first kappa shape index (κ1) is 27.9. The Kier molecular flexibility index (Phi) is 8.90. The number of nitrogens with zero attached hydrogens (tertiary/aromatic N) is 3. The molecule has 10 nitrogen and oxygen atoms in total. The first-order valence-corrected chi connectivity index (χ1v) is 12.5. The van der Waals surface area contributed by atoms with Gasteiger partial charge in [0, 0.05) is 31.9 Å². The number of β-amino-alcohol motifs (C(OH)–C–C–N with tert-alkyl or cyclic N) is 1. The van der Waals surface area contributed by atoms with Gasteiger partial charge in [0.2, 0.25) is 5.91 Å². The van der Waals surface area contributed by atoms with E-state index in [0.717, 1.165) is 17.8 Å². The Hall–Kier alpha value is -3.16. The normalized spacial score (nSPS) is 24.2. The van der Waals surface area contributed by atoms with Crippen LogP contribution in [0.25, 0.3) is 0 Å². The highest BCUT2D eigenvalue weighted by Gasteiger charge is 2.40. The summed E-state index contributed by atoms with van der Waals surface area (Å²) >= 11 is 0. The third kappa shape index (κ3) is 7.45. The summed E-state index contributed by atoms with van der Waals surface area (Å²) in [6.45, 7) is 0.544. The van der Waals surface area contributed by atoms with Gasteiger partial charge in [-0.2, -0.15) is 13.2 Å². The number of benzene rings is 1. The molecule has 2 aliphatic rings. The molecule has 208 valence electrons. The minimum Gasteiger partial charge on any atom is -0.389 e. The van der Waals surface area contributed by atoms with Crippen molar-refractivity contribution in [1.82, 2.24) is 19.8 Å². The van der Waals surface area contributed by atoms with Crippen LogP contribution in [0.15, 0.2) is 36.8 Å². The highest BCUT2D eigenvalue weighted by molar-refractivity contribution is 5.89. The predicted octanol–water partition coefficient (Wildman–Crippen LogP) is 2.33. The monoisotopic (exact) mass is 539 g/mol. The molecule has 38 heavy (non-hydrogen) atoms. The Morgan fingerprint density at radius 3 is 2.63 bits per heavy atom. The van der Waals surface area contributed by atoms with Gasteiger partial charge in [-0.15, -0.1) is 0 Å². The van der Waals surface area contributed by atoms with Crippen molar-refractivity contribution >= 4 is 17.6 Å². The fraction of sp³-hybridized carbons (Fsp3) is 0.560. The predicted molar refractivity (Wildman–Crippen MR) is 130 cm³/mol. The molecule has 0 saturated carbocycles. The topological polar surface area (TPSA) is 118 Å². The number of amides is 3. The molecule has 2 fully saturated rings. The minimum atomic E-state index is -4.48. The van der Waals surface area contributed by atoms with Crippen molar-refractivity contribution < 1.29 is 37.3 Å². The summed E-state index contributed by atoms with van der Waals surface area (Å²) in [5, 5.41) is 15.8. The number of rotatable bonds is 6. The minimum absolute atomic E-state index is 0.00465. The van der Waals surface area contributed by atoms with E-state index >= 15 is 0 Å². The number of alkyl halides is 3. The largest absolute Gasteiger partial charge is 0.416 e. The van der Waals surface area contributed by atoms with Crippen molar-refractivity contribution in [2.45, 2.75) is 56.2 Å². The maximum atomic E-state index is 13.1. The maximum absolute atomic E-state index is 13.1. The fourth-order valence-corrected chi connectivity index (χ4v) is 4.72. The van der Waals surface area contributed by atoms with E-state index < -0.39 is 36.0 Å². The number of fused-ring (bicyclic) bond motifs is 1. The standard InChI is InChI=1S/C25H32F3N5O5/c1-32-11-18(30-15-32)8-9-29-23(35)10-20-6-7-21-22(38-20)14-37-13-19(34)12-33(21)24(36)31-17-4-2-16(3-5-17)25(26,27)28/h2-5,11,15,19-22,34H,6-10,12-14H2,1H3,(H,29,35)(H,31,36)/t19-,20-,21-,22+/m1/s1. The number of hydrogen-bond donors (Lipinski definition) is 3. The second kappa shape index (κ2) is 12.1. The van der Waals surface area contributed by atoms with Crippen LogP contribution in [0.5, 0.6) is 0 Å². The van der Waals surface area contributed by atoms with Crippen molar-refractivity contribution in [2.75, 3.05) is 31.6 Å². The van der Waals surface area contributed by atoms with Gasteiger partial charge >= 0.3 is 12.2 Å². The van der Waals surface area contributed by atoms with Crippen LogP contribution in [-0.4, -0.2) is 82.2 Å². The Balaban J connectivity index is 1.33. The molecule has 2 aromatic rings. The molecule has 2 saturated heterocycles. The summed E-state index contributed by atoms with van der Waals surface area (Å²) in [6, 6.07) is 3.15. The number of aryl methyl sites for hydroxylation is 1. The quantitative estimate of drug-likeness (QED) is 0.519. The lowest BCUT2D eigenvalue weighted by Crippen LogP contribution is -2.58. The SMILES string of the molecule is Cn1cnc(CCNC(=O)C[C@H]2CC[C@@H]3[C@H](COC[C@H](O)CN3C(=O)Nc3ccc(C(F)(F)F)cc3)O2)c1. The lowest BCUT2D eigenvalue weighted by Gasteiger charge is -2.44. The third-order valence-corrected chi connectivity index (χ3v) is 6.58. The molecule has 2 aliphatic heterocycles. The van der Waals surface area contributed by atoms with Gasteiger partial charge in [-0.1, -0.05) is 0 Å². The molecule has 4 rings (SSSR count). The Labute approximate surface area is 218 Å². The summed E-state index contributed by atoms with van der Waals surface area (Å²) in [5.41, 5.74) is 0.263. The van der Waals surface area contributed by atoms with Crippen LogP contribution in [0.4, 0.5) is 23.7 Å². The van der Waals surface area contributed by atoms with Crippen LogP contribution >= 0.6 is 0 Å². The molecule has 0 unspecified atom stereocenters. The molecule has 0 aliphatic carbocycles. The van der Waals surface area contributed by atoms with Crippen molar-refractivity contribution in [3.05, 3.63) is 48.0 Å². The number of aromatic nitrogens is 2. The van der Waals surface area contributed by atoms with Gasteiger partial charge in [0.15, 0.2) is 0 Å². The van der Waals surface area contributed by atoms with Gasteiger partial charge in [0.05, 0.1) is 62.0 Å². The number of carbonyl (C=O) groups excluding carboxylic acids is 2. The molecule has 0 bridgehead atoms. The average Bonchev–Trinajstić information content (AvgIpc) is 3.26. The van der Waals surface area contributed by atoms with Crippen LogP contribution in [0.2, 0.25) is 0 Å².